The van der Waals surface area contributed by atoms with Crippen molar-refractivity contribution in [2.24, 2.45) is 5.73 Å². The zero-order valence-electron chi connectivity index (χ0n) is 17.0. The lowest BCUT2D eigenvalue weighted by atomic mass is 10.1. The number of nitrogens with two attached hydrogens (primary N) is 1. The summed E-state index contributed by atoms with van der Waals surface area (Å²) in [6.07, 6.45) is -1.93. The number of H-pyrrole nitrogens is 1. The summed E-state index contributed by atoms with van der Waals surface area (Å²) in [6, 6.07) is 4.02. The van der Waals surface area contributed by atoms with Gasteiger partial charge in [-0.2, -0.15) is 0 Å². The summed E-state index contributed by atoms with van der Waals surface area (Å²) in [4.78, 5) is 25.8. The zero-order chi connectivity index (χ0) is 22.3. The van der Waals surface area contributed by atoms with Gasteiger partial charge in [0.25, 0.3) is 5.91 Å². The van der Waals surface area contributed by atoms with Crippen molar-refractivity contribution in [1.82, 2.24) is 19.9 Å². The lowest BCUT2D eigenvalue weighted by Gasteiger charge is -2.26. The minimum Gasteiger partial charge on any atom is -0.406 e. The molecule has 3 rings (SSSR count). The predicted octanol–water partition coefficient (Wildman–Crippen LogP) is 3.64. The molecule has 0 fully saturated rings. The van der Waals surface area contributed by atoms with E-state index in [0.717, 1.165) is 0 Å². The number of carbonyl (C=O) groups is 1. The molecule has 0 saturated carbocycles. The van der Waals surface area contributed by atoms with E-state index in [4.69, 9.17) is 5.73 Å². The Morgan fingerprint density at radius 2 is 1.97 bits per heavy atom. The number of benzene rings is 1. The molecule has 0 spiro atoms. The zero-order valence-corrected chi connectivity index (χ0v) is 17.0. The van der Waals surface area contributed by atoms with Crippen LogP contribution in [0.2, 0.25) is 0 Å². The molecule has 7 nitrogen and oxygen atoms in total. The van der Waals surface area contributed by atoms with E-state index in [1.54, 1.807) is 14.0 Å². The maximum absolute atomic E-state index is 12.7. The van der Waals surface area contributed by atoms with Crippen LogP contribution in [0.1, 0.15) is 29.9 Å². The molecule has 0 aliphatic carbocycles. The summed E-state index contributed by atoms with van der Waals surface area (Å²) in [6.45, 7) is 5.68. The van der Waals surface area contributed by atoms with Crippen molar-refractivity contribution in [2.75, 3.05) is 13.6 Å². The first-order valence-corrected chi connectivity index (χ1v) is 9.09. The fourth-order valence-electron chi connectivity index (χ4n) is 3.23. The van der Waals surface area contributed by atoms with E-state index in [2.05, 4.69) is 19.7 Å². The van der Waals surface area contributed by atoms with E-state index in [1.807, 2.05) is 13.8 Å². The number of hydrogen-bond donors (Lipinski definition) is 2. The highest BCUT2D eigenvalue weighted by molar-refractivity contribution is 5.93. The van der Waals surface area contributed by atoms with Gasteiger partial charge in [0.1, 0.15) is 17.1 Å². The Bertz CT molecular complexity index is 1090. The van der Waals surface area contributed by atoms with Gasteiger partial charge in [0.15, 0.2) is 0 Å². The third kappa shape index (κ3) is 4.88. The number of carbonyl (C=O) groups excluding carboxylic acids is 1. The second-order valence-corrected chi connectivity index (χ2v) is 7.82. The summed E-state index contributed by atoms with van der Waals surface area (Å²) >= 11 is 0. The molecule has 1 amide bonds. The summed E-state index contributed by atoms with van der Waals surface area (Å²) in [5.74, 6) is -0.651. The van der Waals surface area contributed by atoms with E-state index < -0.39 is 11.9 Å². The Balaban J connectivity index is 1.95. The lowest BCUT2D eigenvalue weighted by Crippen LogP contribution is -2.46. The highest BCUT2D eigenvalue weighted by Gasteiger charge is 2.31. The largest absolute Gasteiger partial charge is 0.573 e. The van der Waals surface area contributed by atoms with Crippen LogP contribution in [0.25, 0.3) is 22.3 Å². The molecule has 2 heterocycles. The third-order valence-electron chi connectivity index (χ3n) is 4.36. The lowest BCUT2D eigenvalue weighted by molar-refractivity contribution is -0.274. The number of rotatable bonds is 5. The minimum absolute atomic E-state index is 0.137. The molecule has 10 heteroatoms. The van der Waals surface area contributed by atoms with Gasteiger partial charge in [0.05, 0.1) is 18.1 Å². The van der Waals surface area contributed by atoms with Gasteiger partial charge in [0, 0.05) is 30.0 Å². The predicted molar refractivity (Wildman–Crippen MR) is 106 cm³/mol. The van der Waals surface area contributed by atoms with Gasteiger partial charge in [-0.3, -0.25) is 9.78 Å². The summed E-state index contributed by atoms with van der Waals surface area (Å²) in [7, 11) is 1.63. The molecule has 1 aromatic carbocycles. The van der Waals surface area contributed by atoms with Crippen molar-refractivity contribution in [3.8, 4) is 17.1 Å². The number of likely N-dealkylation sites (N-methyl/N-ethyl adjacent to an activating group) is 1. The number of aromatic amines is 1. The standard InChI is InChI=1S/C20H22F3N5O2/c1-11-13-7-12(30-20(21,22)23)5-6-14(13)27-17(11)15-8-25-9-16(26-15)18(29)28(4)10-19(2,3)24/h5-9,27H,10,24H2,1-4H3. The van der Waals surface area contributed by atoms with Crippen LogP contribution in [0.4, 0.5) is 13.2 Å². The quantitative estimate of drug-likeness (QED) is 0.656. The van der Waals surface area contributed by atoms with Gasteiger partial charge in [-0.25, -0.2) is 4.98 Å². The second kappa shape index (κ2) is 7.60. The van der Waals surface area contributed by atoms with Gasteiger partial charge in [-0.1, -0.05) is 0 Å². The van der Waals surface area contributed by atoms with Gasteiger partial charge in [0.2, 0.25) is 0 Å². The molecule has 160 valence electrons. The van der Waals surface area contributed by atoms with Crippen LogP contribution in [0, 0.1) is 6.92 Å². The molecule has 0 atom stereocenters. The first-order valence-electron chi connectivity index (χ1n) is 9.09. The van der Waals surface area contributed by atoms with Gasteiger partial charge < -0.3 is 20.4 Å². The molecule has 0 unspecified atom stereocenters. The Hall–Kier alpha value is -3.14. The van der Waals surface area contributed by atoms with E-state index in [-0.39, 0.29) is 17.4 Å². The number of amides is 1. The average molecular weight is 421 g/mol. The van der Waals surface area contributed by atoms with Crippen molar-refractivity contribution in [2.45, 2.75) is 32.7 Å². The van der Waals surface area contributed by atoms with Gasteiger partial charge >= 0.3 is 6.36 Å². The van der Waals surface area contributed by atoms with Crippen LogP contribution >= 0.6 is 0 Å². The Kier molecular flexibility index (Phi) is 5.46. The van der Waals surface area contributed by atoms with Crippen molar-refractivity contribution in [1.29, 1.82) is 0 Å². The monoisotopic (exact) mass is 421 g/mol. The Morgan fingerprint density at radius 3 is 2.60 bits per heavy atom. The molecule has 0 aliphatic heterocycles. The van der Waals surface area contributed by atoms with Crippen LogP contribution < -0.4 is 10.5 Å². The maximum atomic E-state index is 12.7. The van der Waals surface area contributed by atoms with Crippen molar-refractivity contribution in [3.05, 3.63) is 41.9 Å². The number of halogens is 3. The van der Waals surface area contributed by atoms with Crippen LogP contribution in [-0.2, 0) is 0 Å². The first kappa shape index (κ1) is 21.6. The van der Waals surface area contributed by atoms with E-state index in [0.29, 0.717) is 34.4 Å². The number of hydrogen-bond acceptors (Lipinski definition) is 5. The number of ether oxygens (including phenoxy) is 1. The molecule has 3 N–H and O–H groups in total. The van der Waals surface area contributed by atoms with Crippen LogP contribution in [0.5, 0.6) is 5.75 Å². The van der Waals surface area contributed by atoms with Crippen molar-refractivity contribution < 1.29 is 22.7 Å². The van der Waals surface area contributed by atoms with Gasteiger partial charge in [-0.05, 0) is 44.5 Å². The number of nitrogens with zero attached hydrogens (tertiary/aromatic N) is 3. The van der Waals surface area contributed by atoms with Crippen LogP contribution in [-0.4, -0.2) is 51.3 Å². The first-order chi connectivity index (χ1) is 13.8. The Labute approximate surface area is 171 Å². The van der Waals surface area contributed by atoms with E-state index >= 15 is 0 Å². The van der Waals surface area contributed by atoms with E-state index in [9.17, 15) is 18.0 Å². The third-order valence-corrected chi connectivity index (χ3v) is 4.36. The average Bonchev–Trinajstić information content (AvgIpc) is 2.95. The number of aromatic nitrogens is 3. The molecule has 2 aromatic heterocycles. The molecule has 0 aliphatic rings. The molecule has 0 saturated heterocycles. The molecular formula is C20H22F3N5O2. The molecular weight excluding hydrogens is 399 g/mol. The van der Waals surface area contributed by atoms with Gasteiger partial charge in [-0.15, -0.1) is 13.2 Å². The molecule has 30 heavy (non-hydrogen) atoms. The molecule has 3 aromatic rings. The van der Waals surface area contributed by atoms with Crippen molar-refractivity contribution in [3.63, 3.8) is 0 Å². The smallest absolute Gasteiger partial charge is 0.406 e. The fourth-order valence-corrected chi connectivity index (χ4v) is 3.23. The fraction of sp³-hybridized carbons (Fsp3) is 0.350. The highest BCUT2D eigenvalue weighted by Crippen LogP contribution is 2.32. The SMILES string of the molecule is Cc1c(-c2cncc(C(=O)N(C)CC(C)(C)N)n2)[nH]c2ccc(OC(F)(F)F)cc12. The number of nitrogens with one attached hydrogen (secondary N) is 1. The number of alkyl halides is 3. The minimum atomic E-state index is -4.77. The summed E-state index contributed by atoms with van der Waals surface area (Å²) < 4.78 is 41.5. The van der Waals surface area contributed by atoms with Crippen LogP contribution in [0.15, 0.2) is 30.6 Å². The van der Waals surface area contributed by atoms with E-state index in [1.165, 1.54) is 35.5 Å². The summed E-state index contributed by atoms with van der Waals surface area (Å²) in [5.41, 5.74) is 7.76. The van der Waals surface area contributed by atoms with Crippen LogP contribution in [0.3, 0.4) is 0 Å². The molecule has 0 radical (unpaired) electrons. The molecule has 0 bridgehead atoms. The van der Waals surface area contributed by atoms with Crippen molar-refractivity contribution >= 4 is 16.8 Å². The normalized spacial score (nSPS) is 12.3. The number of aryl methyl sites for hydroxylation is 1. The second-order valence-electron chi connectivity index (χ2n) is 7.82. The summed E-state index contributed by atoms with van der Waals surface area (Å²) in [5, 5.41) is 0.548. The highest BCUT2D eigenvalue weighted by atomic mass is 19.4. The Morgan fingerprint density at radius 1 is 1.27 bits per heavy atom. The number of fused-ring (bicyclic) bond motifs is 1. The topological polar surface area (TPSA) is 97.1 Å². The maximum Gasteiger partial charge on any atom is 0.573 e.